The van der Waals surface area contributed by atoms with Gasteiger partial charge in [0, 0.05) is 29.8 Å². The van der Waals surface area contributed by atoms with Gasteiger partial charge in [-0.15, -0.1) is 21.5 Å². The predicted octanol–water partition coefficient (Wildman–Crippen LogP) is 5.56. The second-order valence-corrected chi connectivity index (χ2v) is 10.2. The van der Waals surface area contributed by atoms with Gasteiger partial charge in [-0.05, 0) is 63.3 Å². The molecule has 1 amide bonds. The lowest BCUT2D eigenvalue weighted by molar-refractivity contribution is 0.102. The summed E-state index contributed by atoms with van der Waals surface area (Å²) >= 11 is 1.34. The molecule has 1 N–H and O–H groups in total. The molecule has 0 spiro atoms. The molecule has 7 nitrogen and oxygen atoms in total. The van der Waals surface area contributed by atoms with Gasteiger partial charge in [0.05, 0.1) is 16.3 Å². The van der Waals surface area contributed by atoms with Crippen LogP contribution in [0.1, 0.15) is 70.6 Å². The Bertz CT molecular complexity index is 1440. The molecule has 9 heteroatoms. The fraction of sp³-hybridized carbons (Fsp3) is 0.400. The number of hydrogen-bond donors (Lipinski definition) is 1. The van der Waals surface area contributed by atoms with E-state index >= 15 is 0 Å². The first-order chi connectivity index (χ1) is 16.5. The molecule has 4 heterocycles. The van der Waals surface area contributed by atoms with Crippen molar-refractivity contribution in [1.29, 1.82) is 0 Å². The highest BCUT2D eigenvalue weighted by Crippen LogP contribution is 2.40. The molecule has 4 aromatic rings. The maximum Gasteiger partial charge on any atom is 0.266 e. The first-order valence-corrected chi connectivity index (χ1v) is 12.6. The molecule has 1 aliphatic carbocycles. The Morgan fingerprint density at radius 3 is 2.82 bits per heavy atom. The summed E-state index contributed by atoms with van der Waals surface area (Å²) in [4.78, 5) is 24.0. The summed E-state index contributed by atoms with van der Waals surface area (Å²) < 4.78 is 16.8. The lowest BCUT2D eigenvalue weighted by Crippen LogP contribution is -2.13. The van der Waals surface area contributed by atoms with Crippen LogP contribution in [0, 0.1) is 19.7 Å². The number of carbonyl (C=O) groups is 1. The van der Waals surface area contributed by atoms with E-state index in [4.69, 9.17) is 4.98 Å². The number of halogens is 1. The molecule has 174 valence electrons. The molecule has 0 atom stereocenters. The highest BCUT2D eigenvalue weighted by molar-refractivity contribution is 7.20. The van der Waals surface area contributed by atoms with Crippen LogP contribution in [0.15, 0.2) is 18.2 Å². The predicted molar refractivity (Wildman–Crippen MR) is 130 cm³/mol. The summed E-state index contributed by atoms with van der Waals surface area (Å²) in [6.07, 6.45) is 6.46. The van der Waals surface area contributed by atoms with E-state index in [0.29, 0.717) is 16.6 Å². The second kappa shape index (κ2) is 8.23. The average Bonchev–Trinajstić information content (AvgIpc) is 3.56. The minimum atomic E-state index is -0.488. The molecular weight excluding hydrogens is 451 g/mol. The van der Waals surface area contributed by atoms with Gasteiger partial charge >= 0.3 is 0 Å². The number of fused-ring (bicyclic) bond motifs is 2. The number of anilines is 1. The number of benzene rings is 1. The van der Waals surface area contributed by atoms with Crippen molar-refractivity contribution >= 4 is 33.1 Å². The Morgan fingerprint density at radius 2 is 2.00 bits per heavy atom. The van der Waals surface area contributed by atoms with Gasteiger partial charge in [0.2, 0.25) is 0 Å². The average molecular weight is 477 g/mol. The fourth-order valence-electron chi connectivity index (χ4n) is 4.74. The summed E-state index contributed by atoms with van der Waals surface area (Å²) in [6.45, 7) is 4.71. The normalized spacial score (nSPS) is 15.9. The second-order valence-electron chi connectivity index (χ2n) is 9.23. The SMILES string of the molecule is Cc1nc(C2CC2)nc2sc(C(=O)Nc3cc(-c4nnc5n4CCCCC5)ccc3F)c(C)c12. The number of amides is 1. The molecule has 0 unspecified atom stereocenters. The summed E-state index contributed by atoms with van der Waals surface area (Å²) in [5.74, 6) is 2.15. The number of rotatable bonds is 4. The molecule has 1 aromatic carbocycles. The van der Waals surface area contributed by atoms with E-state index in [9.17, 15) is 9.18 Å². The first kappa shape index (κ1) is 21.3. The minimum absolute atomic E-state index is 0.131. The highest BCUT2D eigenvalue weighted by Gasteiger charge is 2.29. The molecule has 1 aliphatic heterocycles. The van der Waals surface area contributed by atoms with E-state index in [1.165, 1.54) is 17.4 Å². The van der Waals surface area contributed by atoms with Crippen molar-refractivity contribution in [3.05, 3.63) is 51.8 Å². The summed E-state index contributed by atoms with van der Waals surface area (Å²) in [6, 6.07) is 4.71. The van der Waals surface area contributed by atoms with Gasteiger partial charge in [-0.2, -0.15) is 0 Å². The third-order valence-corrected chi connectivity index (χ3v) is 7.90. The molecule has 1 fully saturated rings. The zero-order valence-corrected chi connectivity index (χ0v) is 20.0. The zero-order valence-electron chi connectivity index (χ0n) is 19.2. The number of thiophene rings is 1. The Kier molecular flexibility index (Phi) is 5.17. The van der Waals surface area contributed by atoms with Crippen LogP contribution in [0.2, 0.25) is 0 Å². The van der Waals surface area contributed by atoms with Crippen LogP contribution in [0.4, 0.5) is 10.1 Å². The zero-order chi connectivity index (χ0) is 23.4. The molecule has 6 rings (SSSR count). The molecule has 0 saturated heterocycles. The van der Waals surface area contributed by atoms with Gasteiger partial charge in [-0.3, -0.25) is 4.79 Å². The minimum Gasteiger partial charge on any atom is -0.319 e. The summed E-state index contributed by atoms with van der Waals surface area (Å²) in [5.41, 5.74) is 2.59. The number of aromatic nitrogens is 5. The maximum atomic E-state index is 14.7. The third-order valence-electron chi connectivity index (χ3n) is 6.72. The third kappa shape index (κ3) is 3.68. The Balaban J connectivity index is 1.32. The molecule has 0 bridgehead atoms. The van der Waals surface area contributed by atoms with Crippen LogP contribution in [0.25, 0.3) is 21.6 Å². The molecule has 34 heavy (non-hydrogen) atoms. The van der Waals surface area contributed by atoms with E-state index in [-0.39, 0.29) is 11.6 Å². The molecule has 2 aliphatic rings. The largest absolute Gasteiger partial charge is 0.319 e. The number of hydrogen-bond acceptors (Lipinski definition) is 6. The van der Waals surface area contributed by atoms with Gasteiger partial charge in [0.15, 0.2) is 5.82 Å². The number of carbonyl (C=O) groups excluding carboxylic acids is 1. The van der Waals surface area contributed by atoms with Crippen LogP contribution in [-0.4, -0.2) is 30.6 Å². The molecular formula is C25H25FN6OS. The fourth-order valence-corrected chi connectivity index (χ4v) is 5.87. The topological polar surface area (TPSA) is 85.6 Å². The number of nitrogens with one attached hydrogen (secondary N) is 1. The number of aryl methyl sites for hydroxylation is 3. The smallest absolute Gasteiger partial charge is 0.266 e. The van der Waals surface area contributed by atoms with Crippen LogP contribution in [0.5, 0.6) is 0 Å². The van der Waals surface area contributed by atoms with Crippen molar-refractivity contribution < 1.29 is 9.18 Å². The van der Waals surface area contributed by atoms with E-state index < -0.39 is 5.82 Å². The van der Waals surface area contributed by atoms with Crippen molar-refractivity contribution in [3.8, 4) is 11.4 Å². The van der Waals surface area contributed by atoms with Gasteiger partial charge in [0.1, 0.15) is 22.3 Å². The maximum absolute atomic E-state index is 14.7. The Hall–Kier alpha value is -3.20. The number of nitrogens with zero attached hydrogens (tertiary/aromatic N) is 5. The van der Waals surface area contributed by atoms with Gasteiger partial charge in [-0.25, -0.2) is 14.4 Å². The van der Waals surface area contributed by atoms with Crippen molar-refractivity contribution in [2.75, 3.05) is 5.32 Å². The molecule has 1 saturated carbocycles. The van der Waals surface area contributed by atoms with Gasteiger partial charge < -0.3 is 9.88 Å². The van der Waals surface area contributed by atoms with Crippen molar-refractivity contribution in [2.45, 2.75) is 64.8 Å². The summed E-state index contributed by atoms with van der Waals surface area (Å²) in [7, 11) is 0. The van der Waals surface area contributed by atoms with Crippen molar-refractivity contribution in [3.63, 3.8) is 0 Å². The van der Waals surface area contributed by atoms with Crippen molar-refractivity contribution in [2.24, 2.45) is 0 Å². The van der Waals surface area contributed by atoms with Gasteiger partial charge in [0.25, 0.3) is 5.91 Å². The molecule has 0 radical (unpaired) electrons. The Labute approximate surface area is 200 Å². The van der Waals surface area contributed by atoms with Crippen LogP contribution in [-0.2, 0) is 13.0 Å². The lowest BCUT2D eigenvalue weighted by Gasteiger charge is -2.10. The lowest BCUT2D eigenvalue weighted by atomic mass is 10.1. The standard InChI is InChI=1S/C25H25FN6OS/c1-13-20-14(2)27-22(15-7-8-15)29-25(20)34-21(13)24(33)28-18-12-16(9-10-17(18)26)23-31-30-19-6-4-3-5-11-32(19)23/h9-10,12,15H,3-8,11H2,1-2H3,(H,28,33). The highest BCUT2D eigenvalue weighted by atomic mass is 32.1. The Morgan fingerprint density at radius 1 is 1.15 bits per heavy atom. The first-order valence-electron chi connectivity index (χ1n) is 11.8. The monoisotopic (exact) mass is 476 g/mol. The van der Waals surface area contributed by atoms with E-state index in [1.54, 1.807) is 12.1 Å². The van der Waals surface area contributed by atoms with Crippen LogP contribution < -0.4 is 5.32 Å². The van der Waals surface area contributed by atoms with Crippen molar-refractivity contribution in [1.82, 2.24) is 24.7 Å². The van der Waals surface area contributed by atoms with E-state index in [1.807, 2.05) is 13.8 Å². The summed E-state index contributed by atoms with van der Waals surface area (Å²) in [5, 5.41) is 12.4. The van der Waals surface area contributed by atoms with Crippen LogP contribution >= 0.6 is 11.3 Å². The van der Waals surface area contributed by atoms with E-state index in [0.717, 1.165) is 83.8 Å². The van der Waals surface area contributed by atoms with Gasteiger partial charge in [-0.1, -0.05) is 6.42 Å². The molecule has 3 aromatic heterocycles. The quantitative estimate of drug-likeness (QED) is 0.417. The van der Waals surface area contributed by atoms with Crippen LogP contribution in [0.3, 0.4) is 0 Å². The van der Waals surface area contributed by atoms with E-state index in [2.05, 4.69) is 25.1 Å².